The van der Waals surface area contributed by atoms with Crippen LogP contribution in [0.15, 0.2) is 24.3 Å². The summed E-state index contributed by atoms with van der Waals surface area (Å²) in [6.07, 6.45) is 2.18. The molecule has 1 aromatic rings. The lowest BCUT2D eigenvalue weighted by molar-refractivity contribution is 0.0930. The van der Waals surface area contributed by atoms with Crippen LogP contribution in [0.1, 0.15) is 28.8 Å². The molecular weight excluding hydrogens is 228 g/mol. The van der Waals surface area contributed by atoms with Gasteiger partial charge in [0.2, 0.25) is 0 Å². The summed E-state index contributed by atoms with van der Waals surface area (Å²) in [6.45, 7) is 2.50. The molecule has 1 amide bonds. The van der Waals surface area contributed by atoms with Crippen LogP contribution in [-0.4, -0.2) is 32.1 Å². The van der Waals surface area contributed by atoms with Crippen LogP contribution in [0.5, 0.6) is 0 Å². The number of nitrogens with one attached hydrogen (secondary N) is 2. The molecule has 1 saturated heterocycles. The molecule has 18 heavy (non-hydrogen) atoms. The lowest BCUT2D eigenvalue weighted by atomic mass is 10.1. The molecule has 0 aliphatic carbocycles. The van der Waals surface area contributed by atoms with E-state index in [-0.39, 0.29) is 11.9 Å². The molecule has 0 bridgehead atoms. The third kappa shape index (κ3) is 3.55. The molecule has 1 atom stereocenters. The number of amides is 1. The second-order valence-corrected chi connectivity index (χ2v) is 4.65. The Morgan fingerprint density at radius 3 is 2.83 bits per heavy atom. The maximum Gasteiger partial charge on any atom is 0.251 e. The van der Waals surface area contributed by atoms with Gasteiger partial charge in [0.25, 0.3) is 5.91 Å². The summed E-state index contributed by atoms with van der Waals surface area (Å²) in [6, 6.07) is 7.81. The standard InChI is InChI=1S/C14H20N2O2/c1-18-10-11-4-6-12(7-5-11)14(17)16-13-3-2-8-15-9-13/h4-7,13,15H,2-3,8-10H2,1H3,(H,16,17). The highest BCUT2D eigenvalue weighted by atomic mass is 16.5. The molecule has 0 aromatic heterocycles. The first-order valence-electron chi connectivity index (χ1n) is 6.39. The molecule has 1 fully saturated rings. The van der Waals surface area contributed by atoms with E-state index in [1.807, 2.05) is 24.3 Å². The van der Waals surface area contributed by atoms with E-state index in [1.54, 1.807) is 7.11 Å². The SMILES string of the molecule is COCc1ccc(C(=O)NC2CCCNC2)cc1. The third-order valence-corrected chi connectivity index (χ3v) is 3.16. The highest BCUT2D eigenvalue weighted by molar-refractivity contribution is 5.94. The van der Waals surface area contributed by atoms with Crippen LogP contribution in [0.4, 0.5) is 0 Å². The van der Waals surface area contributed by atoms with Crippen LogP contribution in [-0.2, 0) is 11.3 Å². The average molecular weight is 248 g/mol. The fourth-order valence-corrected chi connectivity index (χ4v) is 2.16. The molecule has 2 rings (SSSR count). The zero-order valence-electron chi connectivity index (χ0n) is 10.7. The second-order valence-electron chi connectivity index (χ2n) is 4.65. The van der Waals surface area contributed by atoms with Crippen molar-refractivity contribution < 1.29 is 9.53 Å². The minimum absolute atomic E-state index is 0.00710. The lowest BCUT2D eigenvalue weighted by Crippen LogP contribution is -2.45. The summed E-state index contributed by atoms with van der Waals surface area (Å²) in [7, 11) is 1.66. The molecule has 2 N–H and O–H groups in total. The number of piperidine rings is 1. The summed E-state index contributed by atoms with van der Waals surface area (Å²) >= 11 is 0. The summed E-state index contributed by atoms with van der Waals surface area (Å²) in [5.41, 5.74) is 1.79. The van der Waals surface area contributed by atoms with Crippen molar-refractivity contribution in [3.8, 4) is 0 Å². The van der Waals surface area contributed by atoms with Gasteiger partial charge in [0, 0.05) is 25.3 Å². The molecule has 1 heterocycles. The predicted molar refractivity (Wildman–Crippen MR) is 70.5 cm³/mol. The second kappa shape index (κ2) is 6.52. The Hall–Kier alpha value is -1.39. The number of carbonyl (C=O) groups is 1. The smallest absolute Gasteiger partial charge is 0.251 e. The number of hydrogen-bond donors (Lipinski definition) is 2. The van der Waals surface area contributed by atoms with E-state index in [9.17, 15) is 4.79 Å². The van der Waals surface area contributed by atoms with Crippen LogP contribution < -0.4 is 10.6 Å². The quantitative estimate of drug-likeness (QED) is 0.845. The monoisotopic (exact) mass is 248 g/mol. The van der Waals surface area contributed by atoms with Crippen molar-refractivity contribution in [1.82, 2.24) is 10.6 Å². The molecule has 0 saturated carbocycles. The van der Waals surface area contributed by atoms with Gasteiger partial charge in [-0.3, -0.25) is 4.79 Å². The number of carbonyl (C=O) groups excluding carboxylic acids is 1. The summed E-state index contributed by atoms with van der Waals surface area (Å²) in [5, 5.41) is 6.34. The zero-order valence-corrected chi connectivity index (χ0v) is 10.7. The maximum absolute atomic E-state index is 12.0. The van der Waals surface area contributed by atoms with Gasteiger partial charge in [-0.1, -0.05) is 12.1 Å². The molecule has 4 nitrogen and oxygen atoms in total. The normalized spacial score (nSPS) is 19.5. The summed E-state index contributed by atoms with van der Waals surface area (Å²) in [5.74, 6) is 0.00710. The zero-order chi connectivity index (χ0) is 12.8. The van der Waals surface area contributed by atoms with Crippen LogP contribution >= 0.6 is 0 Å². The Kier molecular flexibility index (Phi) is 4.73. The van der Waals surface area contributed by atoms with Gasteiger partial charge in [-0.15, -0.1) is 0 Å². The van der Waals surface area contributed by atoms with Crippen molar-refractivity contribution in [2.24, 2.45) is 0 Å². The lowest BCUT2D eigenvalue weighted by Gasteiger charge is -2.23. The van der Waals surface area contributed by atoms with Crippen LogP contribution in [0.3, 0.4) is 0 Å². The van der Waals surface area contributed by atoms with E-state index < -0.39 is 0 Å². The van der Waals surface area contributed by atoms with E-state index in [0.717, 1.165) is 31.5 Å². The van der Waals surface area contributed by atoms with E-state index in [0.29, 0.717) is 12.2 Å². The van der Waals surface area contributed by atoms with Crippen molar-refractivity contribution in [3.63, 3.8) is 0 Å². The van der Waals surface area contributed by atoms with Gasteiger partial charge in [0.1, 0.15) is 0 Å². The predicted octanol–water partition coefficient (Wildman–Crippen LogP) is 1.31. The van der Waals surface area contributed by atoms with Crippen molar-refractivity contribution >= 4 is 5.91 Å². The Morgan fingerprint density at radius 1 is 1.44 bits per heavy atom. The van der Waals surface area contributed by atoms with Gasteiger partial charge in [-0.25, -0.2) is 0 Å². The minimum Gasteiger partial charge on any atom is -0.380 e. The van der Waals surface area contributed by atoms with Crippen molar-refractivity contribution in [1.29, 1.82) is 0 Å². The number of rotatable bonds is 4. The summed E-state index contributed by atoms with van der Waals surface area (Å²) in [4.78, 5) is 12.0. The van der Waals surface area contributed by atoms with E-state index in [4.69, 9.17) is 4.74 Å². The fraction of sp³-hybridized carbons (Fsp3) is 0.500. The van der Waals surface area contributed by atoms with Gasteiger partial charge in [-0.05, 0) is 37.1 Å². The maximum atomic E-state index is 12.0. The van der Waals surface area contributed by atoms with E-state index in [2.05, 4.69) is 10.6 Å². The van der Waals surface area contributed by atoms with Crippen molar-refractivity contribution in [2.45, 2.75) is 25.5 Å². The molecule has 1 aliphatic heterocycles. The van der Waals surface area contributed by atoms with Crippen LogP contribution in [0.25, 0.3) is 0 Å². The Labute approximate surface area is 108 Å². The van der Waals surface area contributed by atoms with Gasteiger partial charge in [0.05, 0.1) is 6.61 Å². The number of hydrogen-bond acceptors (Lipinski definition) is 3. The molecule has 1 unspecified atom stereocenters. The van der Waals surface area contributed by atoms with Gasteiger partial charge < -0.3 is 15.4 Å². The Bertz CT molecular complexity index is 383. The fourth-order valence-electron chi connectivity index (χ4n) is 2.16. The third-order valence-electron chi connectivity index (χ3n) is 3.16. The summed E-state index contributed by atoms with van der Waals surface area (Å²) < 4.78 is 5.04. The van der Waals surface area contributed by atoms with E-state index >= 15 is 0 Å². The van der Waals surface area contributed by atoms with Crippen LogP contribution in [0.2, 0.25) is 0 Å². The Balaban J connectivity index is 1.91. The number of methoxy groups -OCH3 is 1. The molecule has 1 aromatic carbocycles. The van der Waals surface area contributed by atoms with Gasteiger partial charge in [-0.2, -0.15) is 0 Å². The Morgan fingerprint density at radius 2 is 2.22 bits per heavy atom. The molecular formula is C14H20N2O2. The highest BCUT2D eigenvalue weighted by Crippen LogP contribution is 2.07. The molecule has 0 radical (unpaired) electrons. The highest BCUT2D eigenvalue weighted by Gasteiger charge is 2.15. The number of ether oxygens (including phenoxy) is 1. The van der Waals surface area contributed by atoms with Gasteiger partial charge >= 0.3 is 0 Å². The van der Waals surface area contributed by atoms with Crippen LogP contribution in [0, 0.1) is 0 Å². The van der Waals surface area contributed by atoms with Crippen molar-refractivity contribution in [3.05, 3.63) is 35.4 Å². The topological polar surface area (TPSA) is 50.4 Å². The molecule has 98 valence electrons. The largest absolute Gasteiger partial charge is 0.380 e. The molecule has 0 spiro atoms. The first-order chi connectivity index (χ1) is 8.79. The molecule has 4 heteroatoms. The average Bonchev–Trinajstić information content (AvgIpc) is 2.41. The van der Waals surface area contributed by atoms with Crippen molar-refractivity contribution in [2.75, 3.05) is 20.2 Å². The first-order valence-corrected chi connectivity index (χ1v) is 6.39. The number of benzene rings is 1. The minimum atomic E-state index is 0.00710. The molecule has 1 aliphatic rings. The van der Waals surface area contributed by atoms with Gasteiger partial charge in [0.15, 0.2) is 0 Å². The first kappa shape index (κ1) is 13.1. The van der Waals surface area contributed by atoms with E-state index in [1.165, 1.54) is 0 Å².